The molecule has 1 unspecified atom stereocenters. The molecule has 0 saturated heterocycles. The summed E-state index contributed by atoms with van der Waals surface area (Å²) >= 11 is 6.05. The topological polar surface area (TPSA) is 69.1 Å². The van der Waals surface area contributed by atoms with Crippen molar-refractivity contribution in [2.45, 2.75) is 51.4 Å². The Morgan fingerprint density at radius 2 is 2.07 bits per heavy atom. The third-order valence-corrected chi connectivity index (χ3v) is 4.78. The fourth-order valence-electron chi connectivity index (χ4n) is 3.04. The van der Waals surface area contributed by atoms with Gasteiger partial charge in [-0.1, -0.05) is 55.1 Å². The number of carbonyl (C=O) groups excluding carboxylic acids is 1. The Morgan fingerprint density at radius 1 is 1.19 bits per heavy atom. The quantitative estimate of drug-likeness (QED) is 0.301. The molecule has 27 heavy (non-hydrogen) atoms. The summed E-state index contributed by atoms with van der Waals surface area (Å²) in [5.74, 6) is 1.54. The molecule has 0 fully saturated rings. The number of carbonyl (C=O) groups is 1. The van der Waals surface area contributed by atoms with Gasteiger partial charge < -0.3 is 8.94 Å². The van der Waals surface area contributed by atoms with Crippen LogP contribution in [-0.2, 0) is 0 Å². The molecule has 2 aromatic heterocycles. The summed E-state index contributed by atoms with van der Waals surface area (Å²) in [7, 11) is 0. The lowest BCUT2D eigenvalue weighted by Gasteiger charge is -2.11. The van der Waals surface area contributed by atoms with Crippen LogP contribution >= 0.6 is 11.6 Å². The number of furan rings is 1. The van der Waals surface area contributed by atoms with E-state index >= 15 is 0 Å². The second kappa shape index (κ2) is 9.51. The van der Waals surface area contributed by atoms with Crippen LogP contribution < -0.4 is 0 Å². The number of ketones is 1. The van der Waals surface area contributed by atoms with Gasteiger partial charge in [0.2, 0.25) is 11.7 Å². The predicted octanol–water partition coefficient (Wildman–Crippen LogP) is 6.31. The van der Waals surface area contributed by atoms with Crippen molar-refractivity contribution in [1.29, 1.82) is 0 Å². The number of hydrogen-bond donors (Lipinski definition) is 0. The first kappa shape index (κ1) is 19.4. The highest BCUT2D eigenvalue weighted by atomic mass is 35.5. The summed E-state index contributed by atoms with van der Waals surface area (Å²) < 4.78 is 10.7. The molecule has 3 rings (SSSR count). The van der Waals surface area contributed by atoms with Gasteiger partial charge in [0.25, 0.3) is 0 Å². The van der Waals surface area contributed by atoms with E-state index in [1.165, 1.54) is 6.26 Å². The highest BCUT2D eigenvalue weighted by Gasteiger charge is 2.21. The molecule has 0 saturated carbocycles. The molecule has 0 aliphatic carbocycles. The van der Waals surface area contributed by atoms with Crippen molar-refractivity contribution in [3.05, 3.63) is 59.3 Å². The molecule has 0 bridgehead atoms. The third-order valence-electron chi connectivity index (χ3n) is 4.55. The van der Waals surface area contributed by atoms with Crippen LogP contribution in [0.1, 0.15) is 67.8 Å². The second-order valence-corrected chi connectivity index (χ2v) is 7.03. The van der Waals surface area contributed by atoms with E-state index in [4.69, 9.17) is 20.5 Å². The maximum Gasteiger partial charge on any atom is 0.230 e. The Balaban J connectivity index is 1.71. The van der Waals surface area contributed by atoms with Gasteiger partial charge in [0.1, 0.15) is 0 Å². The van der Waals surface area contributed by atoms with Gasteiger partial charge in [-0.2, -0.15) is 4.98 Å². The van der Waals surface area contributed by atoms with E-state index in [0.29, 0.717) is 35.3 Å². The van der Waals surface area contributed by atoms with Gasteiger partial charge in [0.15, 0.2) is 11.5 Å². The lowest BCUT2D eigenvalue weighted by Crippen LogP contribution is -2.05. The van der Waals surface area contributed by atoms with Gasteiger partial charge in [-0.15, -0.1) is 0 Å². The number of nitrogens with zero attached hydrogens (tertiary/aromatic N) is 2. The van der Waals surface area contributed by atoms with Crippen molar-refractivity contribution < 1.29 is 13.7 Å². The minimum Gasteiger partial charge on any atom is -0.461 e. The highest BCUT2D eigenvalue weighted by molar-refractivity contribution is 6.30. The van der Waals surface area contributed by atoms with Crippen molar-refractivity contribution in [3.8, 4) is 11.4 Å². The van der Waals surface area contributed by atoms with E-state index in [-0.39, 0.29) is 11.7 Å². The zero-order valence-corrected chi connectivity index (χ0v) is 16.1. The van der Waals surface area contributed by atoms with Crippen molar-refractivity contribution in [2.75, 3.05) is 0 Å². The predicted molar refractivity (Wildman–Crippen MR) is 104 cm³/mol. The van der Waals surface area contributed by atoms with E-state index in [1.54, 1.807) is 18.2 Å². The molecular formula is C21H23ClN2O3. The number of rotatable bonds is 10. The molecule has 0 amide bonds. The Bertz CT molecular complexity index is 858. The zero-order chi connectivity index (χ0) is 19.1. The number of hydrogen-bond acceptors (Lipinski definition) is 5. The first-order valence-corrected chi connectivity index (χ1v) is 9.71. The van der Waals surface area contributed by atoms with Crippen LogP contribution in [0.25, 0.3) is 11.4 Å². The maximum absolute atomic E-state index is 12.3. The number of unbranched alkanes of at least 4 members (excludes halogenated alkanes) is 2. The number of aromatic nitrogens is 2. The molecule has 1 aromatic carbocycles. The van der Waals surface area contributed by atoms with Crippen molar-refractivity contribution in [2.24, 2.45) is 0 Å². The molecule has 2 heterocycles. The molecule has 0 N–H and O–H groups in total. The van der Waals surface area contributed by atoms with Gasteiger partial charge in [-0.05, 0) is 37.1 Å². The van der Waals surface area contributed by atoms with Crippen molar-refractivity contribution >= 4 is 17.4 Å². The van der Waals surface area contributed by atoms with Crippen LogP contribution in [0.5, 0.6) is 0 Å². The van der Waals surface area contributed by atoms with Crippen molar-refractivity contribution in [1.82, 2.24) is 10.1 Å². The number of benzene rings is 1. The fourth-order valence-corrected chi connectivity index (χ4v) is 3.23. The largest absolute Gasteiger partial charge is 0.461 e. The zero-order valence-electron chi connectivity index (χ0n) is 15.4. The first-order chi connectivity index (χ1) is 13.2. The van der Waals surface area contributed by atoms with Gasteiger partial charge in [0.05, 0.1) is 6.26 Å². The van der Waals surface area contributed by atoms with Crippen LogP contribution in [-0.4, -0.2) is 15.9 Å². The molecule has 0 aliphatic heterocycles. The molecule has 5 nitrogen and oxygen atoms in total. The van der Waals surface area contributed by atoms with Gasteiger partial charge in [0, 0.05) is 22.9 Å². The highest BCUT2D eigenvalue weighted by Crippen LogP contribution is 2.29. The van der Waals surface area contributed by atoms with E-state index in [1.807, 2.05) is 18.2 Å². The Hall–Kier alpha value is -2.40. The molecule has 0 aliphatic rings. The van der Waals surface area contributed by atoms with Crippen LogP contribution in [0.15, 0.2) is 51.6 Å². The summed E-state index contributed by atoms with van der Waals surface area (Å²) in [6, 6.07) is 10.8. The van der Waals surface area contributed by atoms with E-state index in [0.717, 1.165) is 31.2 Å². The van der Waals surface area contributed by atoms with Crippen LogP contribution in [0.3, 0.4) is 0 Å². The van der Waals surface area contributed by atoms with Gasteiger partial charge in [-0.3, -0.25) is 4.79 Å². The molecule has 1 atom stereocenters. The van der Waals surface area contributed by atoms with E-state index in [2.05, 4.69) is 17.1 Å². The Labute approximate surface area is 163 Å². The van der Waals surface area contributed by atoms with E-state index in [9.17, 15) is 4.79 Å². The summed E-state index contributed by atoms with van der Waals surface area (Å²) in [4.78, 5) is 16.8. The van der Waals surface area contributed by atoms with Crippen molar-refractivity contribution in [3.63, 3.8) is 0 Å². The third kappa shape index (κ3) is 5.30. The molecule has 142 valence electrons. The average Bonchev–Trinajstić information content (AvgIpc) is 3.36. The smallest absolute Gasteiger partial charge is 0.230 e. The van der Waals surface area contributed by atoms with Gasteiger partial charge in [-0.25, -0.2) is 0 Å². The number of halogens is 1. The standard InChI is InChI=1S/C21H23ClN2O3/c1-2-3-4-7-15(11-12-18(25)19-10-6-13-26-19)21-23-20(24-27-21)16-8-5-9-17(22)14-16/h5-6,8-10,13-15H,2-4,7,11-12H2,1H3. The molecule has 3 aromatic rings. The minimum absolute atomic E-state index is 0.00456. The summed E-state index contributed by atoms with van der Waals surface area (Å²) in [5, 5.41) is 4.73. The monoisotopic (exact) mass is 386 g/mol. The lowest BCUT2D eigenvalue weighted by molar-refractivity contribution is 0.0948. The SMILES string of the molecule is CCCCCC(CCC(=O)c1ccco1)c1nc(-c2cccc(Cl)c2)no1. The number of Topliss-reactive ketones (excluding diaryl/α,β-unsaturated/α-hetero) is 1. The summed E-state index contributed by atoms with van der Waals surface area (Å²) in [6.45, 7) is 2.17. The average molecular weight is 387 g/mol. The molecular weight excluding hydrogens is 364 g/mol. The van der Waals surface area contributed by atoms with Crippen LogP contribution in [0, 0.1) is 0 Å². The summed E-state index contributed by atoms with van der Waals surface area (Å²) in [5.41, 5.74) is 0.816. The van der Waals surface area contributed by atoms with Crippen LogP contribution in [0.2, 0.25) is 5.02 Å². The fraction of sp³-hybridized carbons (Fsp3) is 0.381. The maximum atomic E-state index is 12.3. The lowest BCUT2D eigenvalue weighted by atomic mass is 9.94. The molecule has 6 heteroatoms. The summed E-state index contributed by atoms with van der Waals surface area (Å²) in [6.07, 6.45) is 6.80. The molecule has 0 radical (unpaired) electrons. The molecule has 0 spiro atoms. The normalized spacial score (nSPS) is 12.2. The second-order valence-electron chi connectivity index (χ2n) is 6.60. The van der Waals surface area contributed by atoms with Crippen LogP contribution in [0.4, 0.5) is 0 Å². The minimum atomic E-state index is -0.00456. The van der Waals surface area contributed by atoms with Gasteiger partial charge >= 0.3 is 0 Å². The van der Waals surface area contributed by atoms with E-state index < -0.39 is 0 Å². The Kier molecular flexibility index (Phi) is 6.82. The first-order valence-electron chi connectivity index (χ1n) is 9.33. The Morgan fingerprint density at radius 3 is 2.81 bits per heavy atom.